The van der Waals surface area contributed by atoms with Crippen LogP contribution < -0.4 is 10.0 Å². The van der Waals surface area contributed by atoms with E-state index in [-0.39, 0.29) is 11.9 Å². The number of para-hydroxylation sites is 1. The fourth-order valence-electron chi connectivity index (χ4n) is 3.11. The molecule has 1 unspecified atom stereocenters. The van der Waals surface area contributed by atoms with Crippen molar-refractivity contribution < 1.29 is 9.47 Å². The maximum absolute atomic E-state index is 5.87. The number of methoxy groups -OCH3 is 1. The highest BCUT2D eigenvalue weighted by Gasteiger charge is 2.32. The lowest BCUT2D eigenvalue weighted by Crippen LogP contribution is -2.24. The largest absolute Gasteiger partial charge is 0.467 e. The third-order valence-electron chi connectivity index (χ3n) is 4.54. The number of hydrogen-bond donors (Lipinski definition) is 0. The van der Waals surface area contributed by atoms with E-state index in [0.29, 0.717) is 8.58 Å². The van der Waals surface area contributed by atoms with Crippen LogP contribution in [0.3, 0.4) is 0 Å². The molecule has 25 heavy (non-hydrogen) atoms. The predicted octanol–water partition coefficient (Wildman–Crippen LogP) is 4.74. The molecule has 0 saturated heterocycles. The van der Waals surface area contributed by atoms with Gasteiger partial charge in [-0.05, 0) is 29.8 Å². The number of nitrogens with zero attached hydrogens (tertiary/aromatic N) is 1. The Bertz CT molecular complexity index is 696. The summed E-state index contributed by atoms with van der Waals surface area (Å²) in [4.78, 5) is 4.22. The quantitative estimate of drug-likeness (QED) is 0.369. The topological polar surface area (TPSA) is 30.8 Å². The molecule has 0 saturated carbocycles. The minimum atomic E-state index is 0.0437. The fraction of sp³-hybridized carbons (Fsp3) is 0.381. The monoisotopic (exact) mass is 357 g/mol. The standard InChI is InChI=1S/C21H28NO2P/c1-5-21(6-2,18-12-8-9-13-19(18)24-16-23-4)25-20-14-10-7-11-17(20)15-22-3/h7-15,25H,5-6,16H2,1-4H3. The molecule has 0 aliphatic carbocycles. The lowest BCUT2D eigenvalue weighted by Gasteiger charge is -2.34. The molecule has 2 aromatic rings. The highest BCUT2D eigenvalue weighted by atomic mass is 31.1. The first-order valence-electron chi connectivity index (χ1n) is 8.71. The predicted molar refractivity (Wildman–Crippen MR) is 109 cm³/mol. The van der Waals surface area contributed by atoms with E-state index >= 15 is 0 Å². The number of rotatable bonds is 9. The maximum Gasteiger partial charge on any atom is 0.188 e. The number of aliphatic imine (C=N–C) groups is 1. The first kappa shape index (κ1) is 19.6. The maximum atomic E-state index is 5.87. The van der Waals surface area contributed by atoms with Crippen molar-refractivity contribution in [2.24, 2.45) is 4.99 Å². The van der Waals surface area contributed by atoms with Gasteiger partial charge in [0.25, 0.3) is 0 Å². The van der Waals surface area contributed by atoms with Crippen molar-refractivity contribution in [2.45, 2.75) is 31.8 Å². The average Bonchev–Trinajstić information content (AvgIpc) is 2.66. The summed E-state index contributed by atoms with van der Waals surface area (Å²) in [6.07, 6.45) is 4.05. The molecule has 2 aromatic carbocycles. The second-order valence-corrected chi connectivity index (χ2v) is 7.68. The third kappa shape index (κ3) is 4.68. The van der Waals surface area contributed by atoms with Crippen LogP contribution in [0.25, 0.3) is 0 Å². The average molecular weight is 357 g/mol. The molecule has 0 aliphatic heterocycles. The minimum absolute atomic E-state index is 0.0437. The van der Waals surface area contributed by atoms with Crippen LogP contribution in [0.5, 0.6) is 5.75 Å². The number of hydrogen-bond acceptors (Lipinski definition) is 3. The first-order chi connectivity index (χ1) is 12.2. The third-order valence-corrected chi connectivity index (χ3v) is 6.72. The van der Waals surface area contributed by atoms with Crippen LogP contribution in [-0.2, 0) is 9.89 Å². The van der Waals surface area contributed by atoms with Crippen LogP contribution in [0.15, 0.2) is 53.5 Å². The Morgan fingerprint density at radius 1 is 1.04 bits per heavy atom. The van der Waals surface area contributed by atoms with Gasteiger partial charge in [-0.1, -0.05) is 64.9 Å². The van der Waals surface area contributed by atoms with E-state index in [2.05, 4.69) is 55.2 Å². The summed E-state index contributed by atoms with van der Waals surface area (Å²) < 4.78 is 11.0. The molecule has 0 bridgehead atoms. The van der Waals surface area contributed by atoms with Gasteiger partial charge in [0.05, 0.1) is 0 Å². The van der Waals surface area contributed by atoms with Crippen molar-refractivity contribution in [2.75, 3.05) is 21.0 Å². The van der Waals surface area contributed by atoms with Crippen molar-refractivity contribution in [1.29, 1.82) is 0 Å². The van der Waals surface area contributed by atoms with Crippen LogP contribution in [-0.4, -0.2) is 27.2 Å². The SMILES string of the molecule is CCC(CC)(Pc1ccccc1C=NC)c1ccccc1OCOC. The van der Waals surface area contributed by atoms with Gasteiger partial charge in [-0.3, -0.25) is 4.99 Å². The Hall–Kier alpha value is -1.70. The van der Waals surface area contributed by atoms with Crippen LogP contribution >= 0.6 is 8.58 Å². The zero-order chi connectivity index (χ0) is 18.1. The number of ether oxygens (including phenoxy) is 2. The molecule has 4 heteroatoms. The van der Waals surface area contributed by atoms with Gasteiger partial charge in [0.15, 0.2) is 6.79 Å². The smallest absolute Gasteiger partial charge is 0.188 e. The van der Waals surface area contributed by atoms with Crippen molar-refractivity contribution in [3.05, 3.63) is 59.7 Å². The fourth-order valence-corrected chi connectivity index (χ4v) is 4.79. The molecule has 2 rings (SSSR count). The van der Waals surface area contributed by atoms with Gasteiger partial charge in [0, 0.05) is 31.1 Å². The molecule has 1 atom stereocenters. The Kier molecular flexibility index (Phi) is 7.61. The van der Waals surface area contributed by atoms with Crippen LogP contribution in [0.1, 0.15) is 37.8 Å². The van der Waals surface area contributed by atoms with E-state index in [4.69, 9.17) is 9.47 Å². The highest BCUT2D eigenvalue weighted by molar-refractivity contribution is 7.48. The molecule has 0 amide bonds. The van der Waals surface area contributed by atoms with E-state index < -0.39 is 0 Å². The summed E-state index contributed by atoms with van der Waals surface area (Å²) >= 11 is 0. The summed E-state index contributed by atoms with van der Waals surface area (Å²) in [5.74, 6) is 0.919. The lowest BCUT2D eigenvalue weighted by atomic mass is 9.92. The Morgan fingerprint density at radius 2 is 1.72 bits per heavy atom. The van der Waals surface area contributed by atoms with Crippen molar-refractivity contribution in [3.8, 4) is 5.75 Å². The summed E-state index contributed by atoms with van der Waals surface area (Å²) in [5, 5.41) is 1.39. The van der Waals surface area contributed by atoms with Gasteiger partial charge < -0.3 is 9.47 Å². The summed E-state index contributed by atoms with van der Waals surface area (Å²) in [7, 11) is 4.11. The van der Waals surface area contributed by atoms with E-state index in [1.165, 1.54) is 16.4 Å². The summed E-state index contributed by atoms with van der Waals surface area (Å²) in [6.45, 7) is 4.79. The molecule has 0 N–H and O–H groups in total. The van der Waals surface area contributed by atoms with Crippen molar-refractivity contribution in [3.63, 3.8) is 0 Å². The molecule has 0 aromatic heterocycles. The van der Waals surface area contributed by atoms with Gasteiger partial charge in [0.2, 0.25) is 0 Å². The second kappa shape index (κ2) is 9.70. The summed E-state index contributed by atoms with van der Waals surface area (Å²) in [5.41, 5.74) is 2.46. The Labute approximate surface area is 153 Å². The molecule has 3 nitrogen and oxygen atoms in total. The van der Waals surface area contributed by atoms with Gasteiger partial charge in [-0.2, -0.15) is 0 Å². The van der Waals surface area contributed by atoms with Crippen molar-refractivity contribution in [1.82, 2.24) is 0 Å². The normalized spacial score (nSPS) is 12.3. The van der Waals surface area contributed by atoms with Crippen LogP contribution in [0.2, 0.25) is 0 Å². The molecule has 134 valence electrons. The number of benzene rings is 2. The highest BCUT2D eigenvalue weighted by Crippen LogP contribution is 2.50. The summed E-state index contributed by atoms with van der Waals surface area (Å²) in [6, 6.07) is 16.9. The van der Waals surface area contributed by atoms with Crippen LogP contribution in [0.4, 0.5) is 0 Å². The molecular weight excluding hydrogens is 329 g/mol. The van der Waals surface area contributed by atoms with E-state index in [9.17, 15) is 0 Å². The van der Waals surface area contributed by atoms with Gasteiger partial charge in [-0.15, -0.1) is 0 Å². The Morgan fingerprint density at radius 3 is 2.40 bits per heavy atom. The van der Waals surface area contributed by atoms with E-state index in [1.54, 1.807) is 7.11 Å². The second-order valence-electron chi connectivity index (χ2n) is 5.94. The zero-order valence-electron chi connectivity index (χ0n) is 15.6. The zero-order valence-corrected chi connectivity index (χ0v) is 16.6. The van der Waals surface area contributed by atoms with E-state index in [0.717, 1.165) is 18.6 Å². The van der Waals surface area contributed by atoms with Gasteiger partial charge in [0.1, 0.15) is 5.75 Å². The molecule has 0 fully saturated rings. The molecular formula is C21H28NO2P. The molecule has 0 spiro atoms. The molecule has 0 heterocycles. The molecule has 0 radical (unpaired) electrons. The van der Waals surface area contributed by atoms with E-state index in [1.807, 2.05) is 25.4 Å². The molecule has 0 aliphatic rings. The van der Waals surface area contributed by atoms with Crippen LogP contribution in [0, 0.1) is 0 Å². The van der Waals surface area contributed by atoms with Crippen molar-refractivity contribution >= 4 is 20.1 Å². The van der Waals surface area contributed by atoms with Gasteiger partial charge >= 0.3 is 0 Å². The van der Waals surface area contributed by atoms with Gasteiger partial charge in [-0.25, -0.2) is 0 Å². The Balaban J connectivity index is 2.46. The minimum Gasteiger partial charge on any atom is -0.467 e. The first-order valence-corrected chi connectivity index (χ1v) is 9.71. The lowest BCUT2D eigenvalue weighted by molar-refractivity contribution is 0.0499.